The fourth-order valence-electron chi connectivity index (χ4n) is 3.75. The Kier molecular flexibility index (Phi) is 9.73. The zero-order valence-corrected chi connectivity index (χ0v) is 21.9. The van der Waals surface area contributed by atoms with Crippen LogP contribution in [-0.2, 0) is 29.0 Å². The van der Waals surface area contributed by atoms with Gasteiger partial charge in [-0.2, -0.15) is 0 Å². The third-order valence-corrected chi connectivity index (χ3v) is 6.49. The predicted octanol–water partition coefficient (Wildman–Crippen LogP) is 6.20. The van der Waals surface area contributed by atoms with Gasteiger partial charge in [-0.15, -0.1) is 0 Å². The van der Waals surface area contributed by atoms with Crippen molar-refractivity contribution in [3.8, 4) is 0 Å². The topological polar surface area (TPSA) is 49.4 Å². The molecule has 0 aliphatic carbocycles. The predicted molar refractivity (Wildman–Crippen MR) is 142 cm³/mol. The fraction of sp³-hybridized carbons (Fsp3) is 0.286. The fourth-order valence-corrected chi connectivity index (χ4v) is 4.41. The quantitative estimate of drug-likeness (QED) is 0.332. The largest absolute Gasteiger partial charge is 0.352 e. The van der Waals surface area contributed by atoms with Crippen molar-refractivity contribution in [2.45, 2.75) is 51.7 Å². The van der Waals surface area contributed by atoms with Crippen LogP contribution in [-0.4, -0.2) is 28.8 Å². The van der Waals surface area contributed by atoms with Gasteiger partial charge >= 0.3 is 0 Å². The number of rotatable bonds is 10. The van der Waals surface area contributed by atoms with Crippen molar-refractivity contribution in [1.82, 2.24) is 10.2 Å². The minimum Gasteiger partial charge on any atom is -0.352 e. The second-order valence-electron chi connectivity index (χ2n) is 8.48. The molecule has 0 unspecified atom stereocenters. The van der Waals surface area contributed by atoms with Crippen molar-refractivity contribution in [2.24, 2.45) is 0 Å². The molecule has 3 aromatic rings. The van der Waals surface area contributed by atoms with Crippen molar-refractivity contribution in [3.63, 3.8) is 0 Å². The second-order valence-corrected chi connectivity index (χ2v) is 9.83. The molecule has 3 aromatic carbocycles. The maximum absolute atomic E-state index is 13.7. The van der Waals surface area contributed by atoms with Gasteiger partial charge in [0.05, 0.1) is 6.42 Å². The smallest absolute Gasteiger partial charge is 0.243 e. The molecule has 0 saturated heterocycles. The summed E-state index contributed by atoms with van der Waals surface area (Å²) in [5.74, 6) is -0.268. The summed E-state index contributed by atoms with van der Waals surface area (Å²) in [5.41, 5.74) is 2.77. The lowest BCUT2D eigenvalue weighted by molar-refractivity contribution is -0.141. The highest BCUT2D eigenvalue weighted by Crippen LogP contribution is 2.20. The Balaban J connectivity index is 1.97. The van der Waals surface area contributed by atoms with Crippen molar-refractivity contribution in [1.29, 1.82) is 0 Å². The maximum atomic E-state index is 13.7. The van der Waals surface area contributed by atoms with Gasteiger partial charge in [0.25, 0.3) is 0 Å². The van der Waals surface area contributed by atoms with Crippen LogP contribution in [0.15, 0.2) is 83.3 Å². The Bertz CT molecular complexity index is 1110. The van der Waals surface area contributed by atoms with Crippen LogP contribution in [0, 0.1) is 0 Å². The zero-order valence-electron chi connectivity index (χ0n) is 19.5. The maximum Gasteiger partial charge on any atom is 0.243 e. The molecule has 6 heteroatoms. The van der Waals surface area contributed by atoms with E-state index in [2.05, 4.69) is 21.2 Å². The molecule has 0 aliphatic heterocycles. The second kappa shape index (κ2) is 12.7. The first-order valence-electron chi connectivity index (χ1n) is 11.5. The van der Waals surface area contributed by atoms with Crippen LogP contribution in [0.1, 0.15) is 37.0 Å². The first-order valence-corrected chi connectivity index (χ1v) is 12.7. The van der Waals surface area contributed by atoms with E-state index < -0.39 is 6.04 Å². The molecule has 0 radical (unpaired) electrons. The van der Waals surface area contributed by atoms with E-state index in [-0.39, 0.29) is 24.3 Å². The van der Waals surface area contributed by atoms with Gasteiger partial charge in [0, 0.05) is 28.5 Å². The zero-order chi connectivity index (χ0) is 24.5. The van der Waals surface area contributed by atoms with E-state index in [1.807, 2.05) is 80.6 Å². The molecule has 34 heavy (non-hydrogen) atoms. The van der Waals surface area contributed by atoms with Gasteiger partial charge in [0.15, 0.2) is 0 Å². The minimum atomic E-state index is -0.651. The van der Waals surface area contributed by atoms with Crippen molar-refractivity contribution >= 4 is 39.3 Å². The summed E-state index contributed by atoms with van der Waals surface area (Å²) in [4.78, 5) is 28.9. The lowest BCUT2D eigenvalue weighted by Crippen LogP contribution is -2.52. The SMILES string of the molecule is CC[C@H](C)NC(=O)[C@@H](Cc1ccccc1)N(Cc1cccc(Br)c1)C(=O)Cc1cccc(Cl)c1. The van der Waals surface area contributed by atoms with E-state index in [9.17, 15) is 9.59 Å². The van der Waals surface area contributed by atoms with Crippen molar-refractivity contribution in [3.05, 3.63) is 105 Å². The molecule has 0 saturated carbocycles. The number of carbonyl (C=O) groups is 2. The van der Waals surface area contributed by atoms with Gasteiger partial charge < -0.3 is 10.2 Å². The van der Waals surface area contributed by atoms with Crippen LogP contribution in [0.2, 0.25) is 5.02 Å². The highest BCUT2D eigenvalue weighted by atomic mass is 79.9. The summed E-state index contributed by atoms with van der Waals surface area (Å²) >= 11 is 9.67. The van der Waals surface area contributed by atoms with Gasteiger partial charge in [-0.1, -0.05) is 89.1 Å². The molecule has 2 amide bonds. The number of nitrogens with one attached hydrogen (secondary N) is 1. The summed E-state index contributed by atoms with van der Waals surface area (Å²) in [6.07, 6.45) is 1.40. The lowest BCUT2D eigenvalue weighted by atomic mass is 10.0. The van der Waals surface area contributed by atoms with Crippen molar-refractivity contribution < 1.29 is 9.59 Å². The third-order valence-electron chi connectivity index (χ3n) is 5.76. The molecule has 0 heterocycles. The number of nitrogens with zero attached hydrogens (tertiary/aromatic N) is 1. The Morgan fingerprint density at radius 2 is 1.62 bits per heavy atom. The molecular formula is C28H30BrClN2O2. The standard InChI is InChI=1S/C28H30BrClN2O2/c1-3-20(2)31-28(34)26(17-21-9-5-4-6-10-21)32(19-23-12-7-13-24(29)15-23)27(33)18-22-11-8-14-25(30)16-22/h4-16,20,26H,3,17-19H2,1-2H3,(H,31,34)/t20-,26+/m0/s1. The van der Waals surface area contributed by atoms with Gasteiger partial charge in [0.1, 0.15) is 6.04 Å². The van der Waals surface area contributed by atoms with E-state index in [0.29, 0.717) is 18.0 Å². The highest BCUT2D eigenvalue weighted by molar-refractivity contribution is 9.10. The van der Waals surface area contributed by atoms with Crippen LogP contribution < -0.4 is 5.32 Å². The molecule has 2 atom stereocenters. The summed E-state index contributed by atoms with van der Waals surface area (Å²) in [6.45, 7) is 4.33. The summed E-state index contributed by atoms with van der Waals surface area (Å²) in [5, 5.41) is 3.67. The van der Waals surface area contributed by atoms with Crippen molar-refractivity contribution in [2.75, 3.05) is 0 Å². The summed E-state index contributed by atoms with van der Waals surface area (Å²) in [7, 11) is 0. The molecule has 178 valence electrons. The van der Waals surface area contributed by atoms with E-state index in [4.69, 9.17) is 11.6 Å². The number of halogens is 2. The molecule has 0 aliphatic rings. The molecule has 4 nitrogen and oxygen atoms in total. The minimum absolute atomic E-state index is 0.0153. The van der Waals surface area contributed by atoms with Gasteiger partial charge in [-0.3, -0.25) is 9.59 Å². The average molecular weight is 542 g/mol. The molecular weight excluding hydrogens is 512 g/mol. The van der Waals surface area contributed by atoms with Crippen LogP contribution >= 0.6 is 27.5 Å². The van der Waals surface area contributed by atoms with E-state index in [0.717, 1.165) is 27.6 Å². The van der Waals surface area contributed by atoms with Crippen LogP contribution in [0.5, 0.6) is 0 Å². The van der Waals surface area contributed by atoms with Gasteiger partial charge in [0.2, 0.25) is 11.8 Å². The van der Waals surface area contributed by atoms with Crippen LogP contribution in [0.4, 0.5) is 0 Å². The number of hydrogen-bond donors (Lipinski definition) is 1. The summed E-state index contributed by atoms with van der Waals surface area (Å²) in [6, 6.07) is 24.3. The first-order chi connectivity index (χ1) is 16.4. The van der Waals surface area contributed by atoms with E-state index in [1.54, 1.807) is 17.0 Å². The number of amides is 2. The molecule has 1 N–H and O–H groups in total. The molecule has 0 bridgehead atoms. The number of benzene rings is 3. The third kappa shape index (κ3) is 7.71. The molecule has 0 fully saturated rings. The Hall–Kier alpha value is -2.63. The molecule has 0 spiro atoms. The van der Waals surface area contributed by atoms with E-state index >= 15 is 0 Å². The Morgan fingerprint density at radius 3 is 2.29 bits per heavy atom. The monoisotopic (exact) mass is 540 g/mol. The van der Waals surface area contributed by atoms with Crippen LogP contribution in [0.25, 0.3) is 0 Å². The Labute approximate surface area is 215 Å². The van der Waals surface area contributed by atoms with Gasteiger partial charge in [-0.05, 0) is 54.3 Å². The van der Waals surface area contributed by atoms with E-state index in [1.165, 1.54) is 0 Å². The number of hydrogen-bond acceptors (Lipinski definition) is 2. The summed E-state index contributed by atoms with van der Waals surface area (Å²) < 4.78 is 0.927. The highest BCUT2D eigenvalue weighted by Gasteiger charge is 2.31. The number of carbonyl (C=O) groups excluding carboxylic acids is 2. The molecule has 0 aromatic heterocycles. The van der Waals surface area contributed by atoms with Gasteiger partial charge in [-0.25, -0.2) is 0 Å². The normalized spacial score (nSPS) is 12.6. The lowest BCUT2D eigenvalue weighted by Gasteiger charge is -2.32. The molecule has 3 rings (SSSR count). The first kappa shape index (κ1) is 26.0. The van der Waals surface area contributed by atoms with Crippen LogP contribution in [0.3, 0.4) is 0 Å². The average Bonchev–Trinajstić information content (AvgIpc) is 2.81. The Morgan fingerprint density at radius 1 is 0.941 bits per heavy atom.